The van der Waals surface area contributed by atoms with Crippen molar-refractivity contribution < 1.29 is 22.7 Å². The Hall–Kier alpha value is -1.14. The maximum Gasteiger partial charge on any atom is 0.416 e. The lowest BCUT2D eigenvalue weighted by Gasteiger charge is -2.15. The van der Waals surface area contributed by atoms with E-state index >= 15 is 0 Å². The zero-order chi connectivity index (χ0) is 14.5. The minimum Gasteiger partial charge on any atom is -0.400 e. The molecule has 1 atom stereocenters. The summed E-state index contributed by atoms with van der Waals surface area (Å²) < 4.78 is 50.3. The summed E-state index contributed by atoms with van der Waals surface area (Å²) in [4.78, 5) is 1.83. The average Bonchev–Trinajstić information content (AvgIpc) is 2.77. The number of alkyl halides is 4. The lowest BCUT2D eigenvalue weighted by Crippen LogP contribution is -2.20. The second kappa shape index (κ2) is 6.86. The molecule has 1 aliphatic rings. The zero-order valence-electron chi connectivity index (χ0n) is 10.6. The Morgan fingerprint density at radius 1 is 1.32 bits per heavy atom. The van der Waals surface area contributed by atoms with Gasteiger partial charge in [-0.2, -0.15) is 13.2 Å². The second-order valence-electron chi connectivity index (χ2n) is 4.32. The Kier molecular flexibility index (Phi) is 5.75. The van der Waals surface area contributed by atoms with Gasteiger partial charge in [-0.1, -0.05) is 18.2 Å². The minimum absolute atomic E-state index is 0.316. The van der Waals surface area contributed by atoms with Crippen molar-refractivity contribution >= 4 is 0 Å². The standard InChI is InChI=1S/C12H13F4N.CH4O/c13-11-4-5-17(8-11)7-9-2-1-3-10(6-9)12(14,15)16;1-2/h1-3,6,11H,4-5,7-8H2;2H,1H3. The summed E-state index contributed by atoms with van der Waals surface area (Å²) in [7, 11) is 1.00. The topological polar surface area (TPSA) is 23.5 Å². The molecule has 6 heteroatoms. The van der Waals surface area contributed by atoms with Gasteiger partial charge in [0.15, 0.2) is 0 Å². The zero-order valence-corrected chi connectivity index (χ0v) is 10.6. The van der Waals surface area contributed by atoms with Crippen LogP contribution in [0.1, 0.15) is 17.5 Å². The van der Waals surface area contributed by atoms with Crippen LogP contribution in [-0.2, 0) is 12.7 Å². The fraction of sp³-hybridized carbons (Fsp3) is 0.538. The van der Waals surface area contributed by atoms with Crippen molar-refractivity contribution in [2.45, 2.75) is 25.3 Å². The molecule has 0 saturated carbocycles. The van der Waals surface area contributed by atoms with E-state index in [1.54, 1.807) is 6.07 Å². The van der Waals surface area contributed by atoms with Crippen LogP contribution in [0.4, 0.5) is 17.6 Å². The lowest BCUT2D eigenvalue weighted by molar-refractivity contribution is -0.137. The summed E-state index contributed by atoms with van der Waals surface area (Å²) in [5.74, 6) is 0. The van der Waals surface area contributed by atoms with Gasteiger partial charge in [-0.3, -0.25) is 4.90 Å². The van der Waals surface area contributed by atoms with Gasteiger partial charge in [0.2, 0.25) is 0 Å². The van der Waals surface area contributed by atoms with Gasteiger partial charge in [0.25, 0.3) is 0 Å². The van der Waals surface area contributed by atoms with E-state index in [9.17, 15) is 17.6 Å². The molecule has 108 valence electrons. The molecule has 1 aromatic carbocycles. The van der Waals surface area contributed by atoms with Crippen molar-refractivity contribution in [1.82, 2.24) is 4.90 Å². The molecular formula is C13H17F4NO. The summed E-state index contributed by atoms with van der Waals surface area (Å²) >= 11 is 0. The van der Waals surface area contributed by atoms with Crippen molar-refractivity contribution in [3.8, 4) is 0 Å². The summed E-state index contributed by atoms with van der Waals surface area (Å²) in [5.41, 5.74) is -0.0695. The van der Waals surface area contributed by atoms with Gasteiger partial charge in [-0.25, -0.2) is 4.39 Å². The third kappa shape index (κ3) is 4.80. The smallest absolute Gasteiger partial charge is 0.400 e. The van der Waals surface area contributed by atoms with Crippen LogP contribution in [0.5, 0.6) is 0 Å². The molecule has 1 fully saturated rings. The maximum atomic E-state index is 12.9. The monoisotopic (exact) mass is 279 g/mol. The molecule has 19 heavy (non-hydrogen) atoms. The molecule has 1 saturated heterocycles. The van der Waals surface area contributed by atoms with Crippen molar-refractivity contribution in [3.05, 3.63) is 35.4 Å². The first-order valence-corrected chi connectivity index (χ1v) is 5.92. The van der Waals surface area contributed by atoms with Crippen LogP contribution in [0.2, 0.25) is 0 Å². The molecule has 2 nitrogen and oxygen atoms in total. The molecule has 0 spiro atoms. The Morgan fingerprint density at radius 3 is 2.53 bits per heavy atom. The number of rotatable bonds is 2. The summed E-state index contributed by atoms with van der Waals surface area (Å²) in [6, 6.07) is 5.21. The first-order chi connectivity index (χ1) is 8.95. The summed E-state index contributed by atoms with van der Waals surface area (Å²) in [6.45, 7) is 1.30. The molecule has 0 radical (unpaired) electrons. The third-order valence-electron chi connectivity index (χ3n) is 2.88. The van der Waals surface area contributed by atoms with E-state index in [1.807, 2.05) is 4.90 Å². The van der Waals surface area contributed by atoms with E-state index in [-0.39, 0.29) is 0 Å². The fourth-order valence-corrected chi connectivity index (χ4v) is 2.03. The Morgan fingerprint density at radius 2 is 2.00 bits per heavy atom. The van der Waals surface area contributed by atoms with Gasteiger partial charge >= 0.3 is 6.18 Å². The van der Waals surface area contributed by atoms with E-state index in [4.69, 9.17) is 5.11 Å². The van der Waals surface area contributed by atoms with Gasteiger partial charge in [0.05, 0.1) is 5.56 Å². The number of hydrogen-bond donors (Lipinski definition) is 1. The normalized spacial score (nSPS) is 20.0. The van der Waals surface area contributed by atoms with E-state index in [2.05, 4.69) is 0 Å². The Bertz CT molecular complexity index is 394. The maximum absolute atomic E-state index is 12.9. The highest BCUT2D eigenvalue weighted by Crippen LogP contribution is 2.30. The van der Waals surface area contributed by atoms with Crippen LogP contribution >= 0.6 is 0 Å². The number of likely N-dealkylation sites (tertiary alicyclic amines) is 1. The van der Waals surface area contributed by atoms with Gasteiger partial charge in [0.1, 0.15) is 6.17 Å². The molecule has 0 aromatic heterocycles. The van der Waals surface area contributed by atoms with Crippen molar-refractivity contribution in [1.29, 1.82) is 0 Å². The summed E-state index contributed by atoms with van der Waals surface area (Å²) in [6.07, 6.45) is -4.69. The summed E-state index contributed by atoms with van der Waals surface area (Å²) in [5, 5.41) is 7.00. The second-order valence-corrected chi connectivity index (χ2v) is 4.32. The third-order valence-corrected chi connectivity index (χ3v) is 2.88. The molecule has 0 aliphatic carbocycles. The largest absolute Gasteiger partial charge is 0.416 e. The van der Waals surface area contributed by atoms with E-state index < -0.39 is 17.9 Å². The van der Waals surface area contributed by atoms with E-state index in [0.717, 1.165) is 19.2 Å². The molecule has 1 unspecified atom stereocenters. The number of nitrogens with zero attached hydrogens (tertiary/aromatic N) is 1. The Balaban J connectivity index is 0.000000861. The highest BCUT2D eigenvalue weighted by molar-refractivity contribution is 5.25. The Labute approximate surface area is 109 Å². The number of aliphatic hydroxyl groups is 1. The number of benzene rings is 1. The van der Waals surface area contributed by atoms with Crippen LogP contribution in [-0.4, -0.2) is 36.4 Å². The number of aliphatic hydroxyl groups excluding tert-OH is 1. The van der Waals surface area contributed by atoms with E-state index in [0.29, 0.717) is 31.6 Å². The highest BCUT2D eigenvalue weighted by Gasteiger charge is 2.30. The quantitative estimate of drug-likeness (QED) is 0.841. The van der Waals surface area contributed by atoms with Crippen LogP contribution in [0.15, 0.2) is 24.3 Å². The predicted octanol–water partition coefficient (Wildman–Crippen LogP) is 2.86. The van der Waals surface area contributed by atoms with Gasteiger partial charge in [0, 0.05) is 26.7 Å². The molecule has 1 aliphatic heterocycles. The van der Waals surface area contributed by atoms with Crippen LogP contribution in [0, 0.1) is 0 Å². The molecule has 1 heterocycles. The van der Waals surface area contributed by atoms with Crippen LogP contribution in [0.3, 0.4) is 0 Å². The molecule has 0 bridgehead atoms. The SMILES string of the molecule is CO.FC1CCN(Cc2cccc(C(F)(F)F)c2)C1. The average molecular weight is 279 g/mol. The highest BCUT2D eigenvalue weighted by atomic mass is 19.4. The number of hydrogen-bond acceptors (Lipinski definition) is 2. The number of halogens is 4. The predicted molar refractivity (Wildman–Crippen MR) is 64.4 cm³/mol. The molecule has 1 N–H and O–H groups in total. The lowest BCUT2D eigenvalue weighted by atomic mass is 10.1. The van der Waals surface area contributed by atoms with Crippen molar-refractivity contribution in [2.75, 3.05) is 20.2 Å². The van der Waals surface area contributed by atoms with Crippen molar-refractivity contribution in [3.63, 3.8) is 0 Å². The van der Waals surface area contributed by atoms with E-state index in [1.165, 1.54) is 6.07 Å². The molecular weight excluding hydrogens is 262 g/mol. The van der Waals surface area contributed by atoms with Gasteiger partial charge < -0.3 is 5.11 Å². The van der Waals surface area contributed by atoms with Crippen LogP contribution < -0.4 is 0 Å². The van der Waals surface area contributed by atoms with Crippen molar-refractivity contribution in [2.24, 2.45) is 0 Å². The molecule has 0 amide bonds. The van der Waals surface area contributed by atoms with Gasteiger partial charge in [-0.15, -0.1) is 0 Å². The first kappa shape index (κ1) is 15.9. The minimum atomic E-state index is -4.32. The molecule has 1 aromatic rings. The fourth-order valence-electron chi connectivity index (χ4n) is 2.03. The molecule has 2 rings (SSSR count). The van der Waals surface area contributed by atoms with Crippen LogP contribution in [0.25, 0.3) is 0 Å². The first-order valence-electron chi connectivity index (χ1n) is 5.92. The van der Waals surface area contributed by atoms with Gasteiger partial charge in [-0.05, 0) is 18.1 Å².